The lowest BCUT2D eigenvalue weighted by Crippen LogP contribution is -2.18. The summed E-state index contributed by atoms with van der Waals surface area (Å²) in [7, 11) is 0. The minimum Gasteiger partial charge on any atom is -0.373 e. The molecule has 2 atom stereocenters. The SMILES string of the molecule is Fc1ccc([C@H]2C[C@@H](c3ccccc3)CCO2)cc1. The molecule has 19 heavy (non-hydrogen) atoms. The molecule has 2 heteroatoms. The molecule has 1 nitrogen and oxygen atoms in total. The van der Waals surface area contributed by atoms with E-state index in [0.717, 1.165) is 25.0 Å². The summed E-state index contributed by atoms with van der Waals surface area (Å²) < 4.78 is 18.8. The lowest BCUT2D eigenvalue weighted by molar-refractivity contribution is 0.00524. The molecular weight excluding hydrogens is 239 g/mol. The van der Waals surface area contributed by atoms with Crippen LogP contribution in [0.1, 0.15) is 36.0 Å². The number of ether oxygens (including phenoxy) is 1. The van der Waals surface area contributed by atoms with Crippen molar-refractivity contribution in [1.82, 2.24) is 0 Å². The summed E-state index contributed by atoms with van der Waals surface area (Å²) >= 11 is 0. The first kappa shape index (κ1) is 12.4. The molecule has 2 aromatic carbocycles. The smallest absolute Gasteiger partial charge is 0.123 e. The molecular formula is C17H17FO. The van der Waals surface area contributed by atoms with Gasteiger partial charge >= 0.3 is 0 Å². The van der Waals surface area contributed by atoms with Gasteiger partial charge in [0.1, 0.15) is 5.82 Å². The molecule has 0 unspecified atom stereocenters. The van der Waals surface area contributed by atoms with E-state index in [2.05, 4.69) is 24.3 Å². The van der Waals surface area contributed by atoms with Gasteiger partial charge in [-0.15, -0.1) is 0 Å². The molecule has 0 spiro atoms. The fourth-order valence-corrected chi connectivity index (χ4v) is 2.73. The number of hydrogen-bond acceptors (Lipinski definition) is 1. The summed E-state index contributed by atoms with van der Waals surface area (Å²) in [6, 6.07) is 17.2. The van der Waals surface area contributed by atoms with Crippen molar-refractivity contribution in [1.29, 1.82) is 0 Å². The van der Waals surface area contributed by atoms with Gasteiger partial charge in [0.15, 0.2) is 0 Å². The van der Waals surface area contributed by atoms with E-state index in [-0.39, 0.29) is 11.9 Å². The molecule has 0 radical (unpaired) electrons. The van der Waals surface area contributed by atoms with E-state index in [1.54, 1.807) is 0 Å². The van der Waals surface area contributed by atoms with Crippen LogP contribution < -0.4 is 0 Å². The molecule has 1 heterocycles. The largest absolute Gasteiger partial charge is 0.373 e. The summed E-state index contributed by atoms with van der Waals surface area (Å²) in [4.78, 5) is 0. The number of rotatable bonds is 2. The Hall–Kier alpha value is -1.67. The maximum absolute atomic E-state index is 13.0. The number of benzene rings is 2. The third-order valence-corrected chi connectivity index (χ3v) is 3.80. The molecule has 3 rings (SSSR count). The third-order valence-electron chi connectivity index (χ3n) is 3.80. The first-order chi connectivity index (χ1) is 9.33. The van der Waals surface area contributed by atoms with Crippen molar-refractivity contribution >= 4 is 0 Å². The van der Waals surface area contributed by atoms with Crippen molar-refractivity contribution in [3.8, 4) is 0 Å². The van der Waals surface area contributed by atoms with Crippen LogP contribution in [0.15, 0.2) is 54.6 Å². The van der Waals surface area contributed by atoms with Crippen LogP contribution in [0.3, 0.4) is 0 Å². The van der Waals surface area contributed by atoms with Gasteiger partial charge in [-0.25, -0.2) is 4.39 Å². The Morgan fingerprint density at radius 1 is 0.895 bits per heavy atom. The van der Waals surface area contributed by atoms with Gasteiger partial charge in [0.05, 0.1) is 6.10 Å². The van der Waals surface area contributed by atoms with Gasteiger partial charge in [0.25, 0.3) is 0 Å². The molecule has 0 aliphatic carbocycles. The molecule has 0 aromatic heterocycles. The van der Waals surface area contributed by atoms with E-state index in [1.165, 1.54) is 17.7 Å². The predicted molar refractivity (Wildman–Crippen MR) is 73.5 cm³/mol. The van der Waals surface area contributed by atoms with Crippen LogP contribution in [0.4, 0.5) is 4.39 Å². The average Bonchev–Trinajstić information content (AvgIpc) is 2.49. The van der Waals surface area contributed by atoms with Gasteiger partial charge in [-0.1, -0.05) is 42.5 Å². The highest BCUT2D eigenvalue weighted by Gasteiger charge is 2.24. The second kappa shape index (κ2) is 5.54. The molecule has 1 saturated heterocycles. The molecule has 0 bridgehead atoms. The van der Waals surface area contributed by atoms with Crippen molar-refractivity contribution in [3.63, 3.8) is 0 Å². The van der Waals surface area contributed by atoms with Crippen molar-refractivity contribution < 1.29 is 9.13 Å². The van der Waals surface area contributed by atoms with Crippen LogP contribution >= 0.6 is 0 Å². The lowest BCUT2D eigenvalue weighted by atomic mass is 9.86. The Morgan fingerprint density at radius 3 is 2.37 bits per heavy atom. The summed E-state index contributed by atoms with van der Waals surface area (Å²) in [6.45, 7) is 0.765. The fourth-order valence-electron chi connectivity index (χ4n) is 2.73. The summed E-state index contributed by atoms with van der Waals surface area (Å²) in [6.07, 6.45) is 2.11. The Kier molecular flexibility index (Phi) is 3.60. The van der Waals surface area contributed by atoms with E-state index in [1.807, 2.05) is 18.2 Å². The minimum atomic E-state index is -0.195. The molecule has 0 amide bonds. The quantitative estimate of drug-likeness (QED) is 0.770. The zero-order valence-corrected chi connectivity index (χ0v) is 10.8. The van der Waals surface area contributed by atoms with Gasteiger partial charge in [-0.3, -0.25) is 0 Å². The highest BCUT2D eigenvalue weighted by molar-refractivity contribution is 5.23. The molecule has 1 aliphatic rings. The fraction of sp³-hybridized carbons (Fsp3) is 0.294. The van der Waals surface area contributed by atoms with Crippen molar-refractivity contribution in [2.45, 2.75) is 24.9 Å². The Bertz CT molecular complexity index is 521. The van der Waals surface area contributed by atoms with Crippen LogP contribution in [0.5, 0.6) is 0 Å². The monoisotopic (exact) mass is 256 g/mol. The highest BCUT2D eigenvalue weighted by atomic mass is 19.1. The van der Waals surface area contributed by atoms with Crippen molar-refractivity contribution in [3.05, 3.63) is 71.5 Å². The highest BCUT2D eigenvalue weighted by Crippen LogP contribution is 2.37. The second-order valence-corrected chi connectivity index (χ2v) is 5.04. The molecule has 1 fully saturated rings. The topological polar surface area (TPSA) is 9.23 Å². The standard InChI is InChI=1S/C17H17FO/c18-16-8-6-14(7-9-16)17-12-15(10-11-19-17)13-4-2-1-3-5-13/h1-9,15,17H,10-12H2/t15-,17+/m0/s1. The van der Waals surface area contributed by atoms with Crippen LogP contribution in [-0.2, 0) is 4.74 Å². The van der Waals surface area contributed by atoms with Gasteiger partial charge in [0.2, 0.25) is 0 Å². The predicted octanol–water partition coefficient (Wildman–Crippen LogP) is 4.46. The van der Waals surface area contributed by atoms with E-state index < -0.39 is 0 Å². The van der Waals surface area contributed by atoms with Crippen molar-refractivity contribution in [2.24, 2.45) is 0 Å². The van der Waals surface area contributed by atoms with Crippen LogP contribution in [0.25, 0.3) is 0 Å². The second-order valence-electron chi connectivity index (χ2n) is 5.04. The third kappa shape index (κ3) is 2.85. The van der Waals surface area contributed by atoms with Gasteiger partial charge in [-0.05, 0) is 42.0 Å². The van der Waals surface area contributed by atoms with Crippen LogP contribution in [-0.4, -0.2) is 6.61 Å². The summed E-state index contributed by atoms with van der Waals surface area (Å²) in [5.74, 6) is 0.337. The van der Waals surface area contributed by atoms with Gasteiger partial charge in [0, 0.05) is 6.61 Å². The zero-order chi connectivity index (χ0) is 13.1. The first-order valence-electron chi connectivity index (χ1n) is 6.75. The first-order valence-corrected chi connectivity index (χ1v) is 6.75. The molecule has 98 valence electrons. The Balaban J connectivity index is 1.76. The summed E-state index contributed by atoms with van der Waals surface area (Å²) in [5, 5.41) is 0. The normalized spacial score (nSPS) is 23.2. The van der Waals surface area contributed by atoms with E-state index in [9.17, 15) is 4.39 Å². The molecule has 0 N–H and O–H groups in total. The maximum Gasteiger partial charge on any atom is 0.123 e. The Labute approximate surface area is 113 Å². The maximum atomic E-state index is 13.0. The Morgan fingerprint density at radius 2 is 1.63 bits per heavy atom. The average molecular weight is 256 g/mol. The van der Waals surface area contributed by atoms with E-state index >= 15 is 0 Å². The van der Waals surface area contributed by atoms with Gasteiger partial charge in [-0.2, -0.15) is 0 Å². The van der Waals surface area contributed by atoms with E-state index in [0.29, 0.717) is 5.92 Å². The lowest BCUT2D eigenvalue weighted by Gasteiger charge is -2.30. The molecule has 0 saturated carbocycles. The molecule has 1 aliphatic heterocycles. The van der Waals surface area contributed by atoms with Gasteiger partial charge < -0.3 is 4.74 Å². The van der Waals surface area contributed by atoms with Crippen LogP contribution in [0.2, 0.25) is 0 Å². The number of hydrogen-bond donors (Lipinski definition) is 0. The van der Waals surface area contributed by atoms with Crippen LogP contribution in [0, 0.1) is 5.82 Å². The number of halogens is 1. The molecule has 2 aromatic rings. The minimum absolute atomic E-state index is 0.0829. The van der Waals surface area contributed by atoms with E-state index in [4.69, 9.17) is 4.74 Å². The zero-order valence-electron chi connectivity index (χ0n) is 10.8. The summed E-state index contributed by atoms with van der Waals surface area (Å²) in [5.41, 5.74) is 2.44. The van der Waals surface area contributed by atoms with Crippen molar-refractivity contribution in [2.75, 3.05) is 6.61 Å².